The number of rotatable bonds is 7. The van der Waals surface area contributed by atoms with Gasteiger partial charge in [-0.05, 0) is 13.0 Å². The van der Waals surface area contributed by atoms with Crippen LogP contribution in [0.1, 0.15) is 6.42 Å². The molecule has 0 aromatic rings. The van der Waals surface area contributed by atoms with Crippen molar-refractivity contribution in [1.29, 1.82) is 0 Å². The molecular formula is C9H18N2O4. The highest BCUT2D eigenvalue weighted by atomic mass is 16.5. The Kier molecular flexibility index (Phi) is 7.57. The molecular weight excluding hydrogens is 200 g/mol. The average molecular weight is 218 g/mol. The molecule has 0 rings (SSSR count). The number of ether oxygens (including phenoxy) is 2. The smallest absolute Gasteiger partial charge is 0.319 e. The number of esters is 2. The van der Waals surface area contributed by atoms with Crippen molar-refractivity contribution in [2.24, 2.45) is 5.73 Å². The molecule has 6 heteroatoms. The van der Waals surface area contributed by atoms with Gasteiger partial charge in [0.1, 0.15) is 0 Å². The Balaban J connectivity index is 4.05. The van der Waals surface area contributed by atoms with Crippen LogP contribution in [0.3, 0.4) is 0 Å². The molecule has 0 aliphatic heterocycles. The van der Waals surface area contributed by atoms with Crippen molar-refractivity contribution >= 4 is 11.9 Å². The standard InChI is InChI=1S/C9H18N2O4/c1-14-8(12)6-11(5-3-4-10)7-9(13)15-2/h3-7,10H2,1-2H3. The maximum Gasteiger partial charge on any atom is 0.319 e. The van der Waals surface area contributed by atoms with Gasteiger partial charge in [-0.15, -0.1) is 0 Å². The molecule has 15 heavy (non-hydrogen) atoms. The first kappa shape index (κ1) is 13.9. The molecule has 0 heterocycles. The van der Waals surface area contributed by atoms with Crippen molar-refractivity contribution in [3.63, 3.8) is 0 Å². The van der Waals surface area contributed by atoms with Crippen LogP contribution in [0.5, 0.6) is 0 Å². The van der Waals surface area contributed by atoms with Crippen LogP contribution in [-0.4, -0.2) is 57.2 Å². The molecule has 0 aliphatic carbocycles. The summed E-state index contributed by atoms with van der Waals surface area (Å²) in [5.41, 5.74) is 5.34. The van der Waals surface area contributed by atoms with Gasteiger partial charge in [-0.2, -0.15) is 0 Å². The topological polar surface area (TPSA) is 81.9 Å². The minimum absolute atomic E-state index is 0.0750. The maximum atomic E-state index is 11.0. The van der Waals surface area contributed by atoms with Gasteiger partial charge in [0.25, 0.3) is 0 Å². The molecule has 0 unspecified atom stereocenters. The highest BCUT2D eigenvalue weighted by Gasteiger charge is 2.14. The first-order valence-electron chi connectivity index (χ1n) is 4.70. The summed E-state index contributed by atoms with van der Waals surface area (Å²) < 4.78 is 9.02. The molecule has 6 nitrogen and oxygen atoms in total. The Morgan fingerprint density at radius 2 is 1.60 bits per heavy atom. The largest absolute Gasteiger partial charge is 0.468 e. The molecule has 0 radical (unpaired) electrons. The molecule has 88 valence electrons. The Labute approximate surface area is 89.3 Å². The summed E-state index contributed by atoms with van der Waals surface area (Å²) >= 11 is 0. The lowest BCUT2D eigenvalue weighted by molar-refractivity contribution is -0.145. The number of nitrogens with two attached hydrogens (primary N) is 1. The lowest BCUT2D eigenvalue weighted by Crippen LogP contribution is -2.36. The average Bonchev–Trinajstić information content (AvgIpc) is 2.25. The van der Waals surface area contributed by atoms with Crippen LogP contribution in [0.2, 0.25) is 0 Å². The number of carbonyl (C=O) groups is 2. The van der Waals surface area contributed by atoms with Crippen molar-refractivity contribution < 1.29 is 19.1 Å². The highest BCUT2D eigenvalue weighted by molar-refractivity contribution is 5.74. The third-order valence-electron chi connectivity index (χ3n) is 1.84. The molecule has 0 saturated carbocycles. The predicted octanol–water partition coefficient (Wildman–Crippen LogP) is -1.02. The summed E-state index contributed by atoms with van der Waals surface area (Å²) in [7, 11) is 2.61. The summed E-state index contributed by atoms with van der Waals surface area (Å²) in [6, 6.07) is 0. The van der Waals surface area contributed by atoms with Gasteiger partial charge in [0.2, 0.25) is 0 Å². The molecule has 0 atom stereocenters. The van der Waals surface area contributed by atoms with Crippen LogP contribution >= 0.6 is 0 Å². The van der Waals surface area contributed by atoms with Crippen LogP contribution in [0.4, 0.5) is 0 Å². The number of methoxy groups -OCH3 is 2. The molecule has 2 N–H and O–H groups in total. The zero-order valence-electron chi connectivity index (χ0n) is 9.19. The van der Waals surface area contributed by atoms with E-state index in [1.807, 2.05) is 0 Å². The van der Waals surface area contributed by atoms with E-state index >= 15 is 0 Å². The number of nitrogens with zero attached hydrogens (tertiary/aromatic N) is 1. The van der Waals surface area contributed by atoms with Gasteiger partial charge in [0.15, 0.2) is 0 Å². The van der Waals surface area contributed by atoms with E-state index in [0.29, 0.717) is 19.5 Å². The maximum absolute atomic E-state index is 11.0. The van der Waals surface area contributed by atoms with E-state index in [1.165, 1.54) is 14.2 Å². The molecule has 0 amide bonds. The van der Waals surface area contributed by atoms with Crippen LogP contribution in [0.25, 0.3) is 0 Å². The Bertz CT molecular complexity index is 190. The highest BCUT2D eigenvalue weighted by Crippen LogP contribution is 1.93. The predicted molar refractivity (Wildman–Crippen MR) is 54.1 cm³/mol. The second kappa shape index (κ2) is 8.19. The van der Waals surface area contributed by atoms with Gasteiger partial charge in [0, 0.05) is 6.54 Å². The van der Waals surface area contributed by atoms with Gasteiger partial charge in [0.05, 0.1) is 27.3 Å². The SMILES string of the molecule is COC(=O)CN(CCCN)CC(=O)OC. The van der Waals surface area contributed by atoms with Crippen LogP contribution in [0, 0.1) is 0 Å². The van der Waals surface area contributed by atoms with Crippen molar-refractivity contribution in [2.45, 2.75) is 6.42 Å². The van der Waals surface area contributed by atoms with Crippen molar-refractivity contribution in [3.8, 4) is 0 Å². The van der Waals surface area contributed by atoms with E-state index in [1.54, 1.807) is 4.90 Å². The molecule has 0 bridgehead atoms. The fourth-order valence-electron chi connectivity index (χ4n) is 1.02. The van der Waals surface area contributed by atoms with Crippen LogP contribution in [-0.2, 0) is 19.1 Å². The summed E-state index contributed by atoms with van der Waals surface area (Å²) in [5.74, 6) is -0.758. The van der Waals surface area contributed by atoms with E-state index < -0.39 is 0 Å². The summed E-state index contributed by atoms with van der Waals surface area (Å²) in [6.45, 7) is 1.23. The van der Waals surface area contributed by atoms with Crippen molar-refractivity contribution in [2.75, 3.05) is 40.4 Å². The third-order valence-corrected chi connectivity index (χ3v) is 1.84. The number of hydrogen-bond donors (Lipinski definition) is 1. The molecule has 0 saturated heterocycles. The fraction of sp³-hybridized carbons (Fsp3) is 0.778. The lowest BCUT2D eigenvalue weighted by Gasteiger charge is -2.18. The lowest BCUT2D eigenvalue weighted by atomic mass is 10.3. The second-order valence-corrected chi connectivity index (χ2v) is 3.01. The summed E-state index contributed by atoms with van der Waals surface area (Å²) in [5, 5.41) is 0. The Morgan fingerprint density at radius 1 is 1.13 bits per heavy atom. The summed E-state index contributed by atoms with van der Waals surface area (Å²) in [4.78, 5) is 23.7. The normalized spacial score (nSPS) is 10.1. The fourth-order valence-corrected chi connectivity index (χ4v) is 1.02. The minimum atomic E-state index is -0.379. The third kappa shape index (κ3) is 6.87. The van der Waals surface area contributed by atoms with Gasteiger partial charge in [-0.3, -0.25) is 14.5 Å². The molecule has 0 aromatic heterocycles. The molecule has 0 fully saturated rings. The van der Waals surface area contributed by atoms with Crippen LogP contribution < -0.4 is 5.73 Å². The van der Waals surface area contributed by atoms with Gasteiger partial charge in [-0.1, -0.05) is 0 Å². The monoisotopic (exact) mass is 218 g/mol. The second-order valence-electron chi connectivity index (χ2n) is 3.01. The number of carbonyl (C=O) groups excluding carboxylic acids is 2. The van der Waals surface area contributed by atoms with E-state index in [-0.39, 0.29) is 25.0 Å². The van der Waals surface area contributed by atoms with Crippen LogP contribution in [0.15, 0.2) is 0 Å². The zero-order chi connectivity index (χ0) is 11.7. The van der Waals surface area contributed by atoms with E-state index in [9.17, 15) is 9.59 Å². The zero-order valence-corrected chi connectivity index (χ0v) is 9.19. The van der Waals surface area contributed by atoms with Crippen molar-refractivity contribution in [3.05, 3.63) is 0 Å². The van der Waals surface area contributed by atoms with Gasteiger partial charge < -0.3 is 15.2 Å². The quantitative estimate of drug-likeness (QED) is 0.551. The van der Waals surface area contributed by atoms with E-state index in [2.05, 4.69) is 9.47 Å². The molecule has 0 aromatic carbocycles. The Hall–Kier alpha value is -1.14. The summed E-state index contributed by atoms with van der Waals surface area (Å²) in [6.07, 6.45) is 0.716. The first-order valence-corrected chi connectivity index (χ1v) is 4.70. The molecule has 0 spiro atoms. The first-order chi connectivity index (χ1) is 7.13. The number of hydrogen-bond acceptors (Lipinski definition) is 6. The van der Waals surface area contributed by atoms with Crippen molar-refractivity contribution in [1.82, 2.24) is 4.90 Å². The minimum Gasteiger partial charge on any atom is -0.468 e. The Morgan fingerprint density at radius 3 is 1.93 bits per heavy atom. The van der Waals surface area contributed by atoms with E-state index in [0.717, 1.165) is 0 Å². The molecule has 0 aliphatic rings. The van der Waals surface area contributed by atoms with E-state index in [4.69, 9.17) is 5.73 Å². The van der Waals surface area contributed by atoms with Gasteiger partial charge in [-0.25, -0.2) is 0 Å². The van der Waals surface area contributed by atoms with Gasteiger partial charge >= 0.3 is 11.9 Å².